The zero-order valence-corrected chi connectivity index (χ0v) is 15.3. The number of nitrogens with zero attached hydrogens (tertiary/aromatic N) is 1. The fourth-order valence-electron chi connectivity index (χ4n) is 4.67. The number of ketones is 1. The van der Waals surface area contributed by atoms with Gasteiger partial charge >= 0.3 is 5.97 Å². The van der Waals surface area contributed by atoms with Crippen LogP contribution in [0.3, 0.4) is 0 Å². The summed E-state index contributed by atoms with van der Waals surface area (Å²) in [4.78, 5) is 24.7. The average Bonchev–Trinajstić information content (AvgIpc) is 3.07. The minimum absolute atomic E-state index is 0.150. The van der Waals surface area contributed by atoms with Gasteiger partial charge in [-0.3, -0.25) is 4.79 Å². The Balaban J connectivity index is 1.64. The minimum atomic E-state index is -0.509. The topological polar surface area (TPSA) is 67.2 Å². The van der Waals surface area contributed by atoms with Gasteiger partial charge in [-0.15, -0.1) is 0 Å². The summed E-state index contributed by atoms with van der Waals surface area (Å²) in [6.45, 7) is 0. The van der Waals surface area contributed by atoms with Crippen LogP contribution in [0.15, 0.2) is 39.9 Å². The number of allylic oxidation sites excluding steroid dienone is 1. The highest BCUT2D eigenvalue weighted by Gasteiger charge is 2.53. The van der Waals surface area contributed by atoms with E-state index in [1.165, 1.54) is 0 Å². The van der Waals surface area contributed by atoms with Gasteiger partial charge in [0.25, 0.3) is 0 Å². The molecule has 3 aliphatic rings. The van der Waals surface area contributed by atoms with Crippen molar-refractivity contribution in [3.8, 4) is 6.07 Å². The summed E-state index contributed by atoms with van der Waals surface area (Å²) in [5, 5.41) is 9.79. The van der Waals surface area contributed by atoms with E-state index in [2.05, 4.69) is 22.0 Å². The molecule has 1 aromatic rings. The molecule has 1 saturated carbocycles. The average molecular weight is 400 g/mol. The van der Waals surface area contributed by atoms with Gasteiger partial charge in [-0.25, -0.2) is 4.79 Å². The Morgan fingerprint density at radius 1 is 1.28 bits per heavy atom. The summed E-state index contributed by atoms with van der Waals surface area (Å²) in [7, 11) is 0. The molecule has 4 nitrogen and oxygen atoms in total. The number of carbonyl (C=O) groups is 2. The zero-order chi connectivity index (χ0) is 17.6. The molecule has 128 valence electrons. The molecule has 0 aliphatic heterocycles. The highest BCUT2D eigenvalue weighted by molar-refractivity contribution is 9.10. The maximum absolute atomic E-state index is 12.5. The van der Waals surface area contributed by atoms with Crippen molar-refractivity contribution in [3.05, 3.63) is 45.4 Å². The lowest BCUT2D eigenvalue weighted by molar-refractivity contribution is -0.118. The summed E-state index contributed by atoms with van der Waals surface area (Å²) < 4.78 is 6.68. The summed E-state index contributed by atoms with van der Waals surface area (Å²) >= 11 is 3.35. The summed E-state index contributed by atoms with van der Waals surface area (Å²) in [6, 6.07) is 9.54. The SMILES string of the molecule is N#C[C@@]12CCC(=O)CC3=C1[C@H](CC2)C[C@H]3OC(=O)c1ccc(Br)cc1. The Morgan fingerprint density at radius 2 is 2.04 bits per heavy atom. The van der Waals surface area contributed by atoms with E-state index in [0.717, 1.165) is 28.5 Å². The second-order valence-corrected chi connectivity index (χ2v) is 8.14. The van der Waals surface area contributed by atoms with Crippen LogP contribution in [0.25, 0.3) is 0 Å². The molecule has 1 aromatic carbocycles. The molecule has 0 heterocycles. The fraction of sp³-hybridized carbons (Fsp3) is 0.450. The van der Waals surface area contributed by atoms with Gasteiger partial charge < -0.3 is 4.74 Å². The molecular formula is C20H18BrNO3. The molecular weight excluding hydrogens is 382 g/mol. The normalized spacial score (nSPS) is 30.6. The van der Waals surface area contributed by atoms with Crippen molar-refractivity contribution in [2.75, 3.05) is 0 Å². The lowest BCUT2D eigenvalue weighted by Gasteiger charge is -2.22. The first-order chi connectivity index (χ1) is 12.0. The summed E-state index contributed by atoms with van der Waals surface area (Å²) in [5.74, 6) is 0.0601. The van der Waals surface area contributed by atoms with Crippen molar-refractivity contribution in [1.29, 1.82) is 5.26 Å². The number of hydrogen-bond donors (Lipinski definition) is 0. The molecule has 0 unspecified atom stereocenters. The quantitative estimate of drug-likeness (QED) is 0.547. The molecule has 0 spiro atoms. The lowest BCUT2D eigenvalue weighted by atomic mass is 9.79. The smallest absolute Gasteiger partial charge is 0.338 e. The molecule has 3 atom stereocenters. The number of carbonyl (C=O) groups excluding carboxylic acids is 2. The number of benzene rings is 1. The summed E-state index contributed by atoms with van der Waals surface area (Å²) in [6.07, 6.45) is 3.51. The number of rotatable bonds is 2. The van der Waals surface area contributed by atoms with Crippen molar-refractivity contribution in [1.82, 2.24) is 0 Å². The Morgan fingerprint density at radius 3 is 2.76 bits per heavy atom. The predicted molar refractivity (Wildman–Crippen MR) is 94.6 cm³/mol. The second-order valence-electron chi connectivity index (χ2n) is 7.22. The lowest BCUT2D eigenvalue weighted by Crippen LogP contribution is -2.20. The van der Waals surface area contributed by atoms with Crippen molar-refractivity contribution in [2.24, 2.45) is 11.3 Å². The number of ether oxygens (including phenoxy) is 1. The van der Waals surface area contributed by atoms with Crippen LogP contribution in [-0.2, 0) is 9.53 Å². The van der Waals surface area contributed by atoms with Gasteiger partial charge in [0, 0.05) is 17.3 Å². The summed E-state index contributed by atoms with van der Waals surface area (Å²) in [5.41, 5.74) is 2.02. The molecule has 0 aromatic heterocycles. The molecule has 0 saturated heterocycles. The molecule has 0 N–H and O–H groups in total. The van der Waals surface area contributed by atoms with Gasteiger partial charge in [-0.05, 0) is 67.0 Å². The molecule has 4 rings (SSSR count). The van der Waals surface area contributed by atoms with Crippen LogP contribution in [0.1, 0.15) is 48.9 Å². The maximum atomic E-state index is 12.5. The van der Waals surface area contributed by atoms with Gasteiger partial charge in [0.05, 0.1) is 17.0 Å². The molecule has 25 heavy (non-hydrogen) atoms. The van der Waals surface area contributed by atoms with Crippen molar-refractivity contribution in [3.63, 3.8) is 0 Å². The highest BCUT2D eigenvalue weighted by atomic mass is 79.9. The van der Waals surface area contributed by atoms with E-state index in [1.807, 2.05) is 0 Å². The third-order valence-electron chi connectivity index (χ3n) is 5.84. The van der Waals surface area contributed by atoms with Gasteiger partial charge in [0.1, 0.15) is 11.9 Å². The molecule has 1 fully saturated rings. The molecule has 0 bridgehead atoms. The van der Waals surface area contributed by atoms with Crippen molar-refractivity contribution < 1.29 is 14.3 Å². The van der Waals surface area contributed by atoms with Gasteiger partial charge in [-0.1, -0.05) is 15.9 Å². The van der Waals surface area contributed by atoms with Gasteiger partial charge in [0.15, 0.2) is 0 Å². The van der Waals surface area contributed by atoms with Gasteiger partial charge in [0.2, 0.25) is 0 Å². The first kappa shape index (κ1) is 16.5. The molecule has 5 heteroatoms. The second kappa shape index (κ2) is 6.10. The molecule has 0 radical (unpaired) electrons. The standard InChI is InChI=1S/C20H18BrNO3/c21-14-3-1-12(2-4-14)19(24)25-17-9-13-5-7-20(11-22)8-6-15(23)10-16(17)18(13)20/h1-4,13,17H,5-10H2/t13-,17-,20-/m1/s1. The Bertz CT molecular complexity index is 820. The monoisotopic (exact) mass is 399 g/mol. The predicted octanol–water partition coefficient (Wildman–Crippen LogP) is 4.35. The van der Waals surface area contributed by atoms with Crippen LogP contribution < -0.4 is 0 Å². The number of hydrogen-bond acceptors (Lipinski definition) is 4. The number of esters is 1. The highest BCUT2D eigenvalue weighted by Crippen LogP contribution is 2.58. The Hall–Kier alpha value is -1.93. The van der Waals surface area contributed by atoms with E-state index < -0.39 is 5.41 Å². The van der Waals surface area contributed by atoms with E-state index in [0.29, 0.717) is 31.2 Å². The minimum Gasteiger partial charge on any atom is -0.454 e. The van der Waals surface area contributed by atoms with Crippen LogP contribution in [0.4, 0.5) is 0 Å². The third kappa shape index (κ3) is 2.73. The first-order valence-electron chi connectivity index (χ1n) is 8.65. The molecule has 0 amide bonds. The van der Waals surface area contributed by atoms with Crippen LogP contribution in [0.2, 0.25) is 0 Å². The van der Waals surface area contributed by atoms with Crippen molar-refractivity contribution >= 4 is 27.7 Å². The first-order valence-corrected chi connectivity index (χ1v) is 9.44. The van der Waals surface area contributed by atoms with E-state index in [9.17, 15) is 14.9 Å². The van der Waals surface area contributed by atoms with Gasteiger partial charge in [-0.2, -0.15) is 5.26 Å². The van der Waals surface area contributed by atoms with E-state index in [-0.39, 0.29) is 23.8 Å². The maximum Gasteiger partial charge on any atom is 0.338 e. The Labute approximate surface area is 155 Å². The van der Waals surface area contributed by atoms with E-state index in [4.69, 9.17) is 4.74 Å². The number of halogens is 1. The number of nitriles is 1. The third-order valence-corrected chi connectivity index (χ3v) is 6.37. The van der Waals surface area contributed by atoms with Crippen LogP contribution in [0.5, 0.6) is 0 Å². The van der Waals surface area contributed by atoms with Crippen LogP contribution in [0, 0.1) is 22.7 Å². The van der Waals surface area contributed by atoms with E-state index in [1.54, 1.807) is 24.3 Å². The Kier molecular flexibility index (Phi) is 4.04. The van der Waals surface area contributed by atoms with Crippen molar-refractivity contribution in [2.45, 2.75) is 44.6 Å². The van der Waals surface area contributed by atoms with Crippen LogP contribution >= 0.6 is 15.9 Å². The largest absolute Gasteiger partial charge is 0.454 e. The fourth-order valence-corrected chi connectivity index (χ4v) is 4.93. The zero-order valence-electron chi connectivity index (χ0n) is 13.8. The van der Waals surface area contributed by atoms with Crippen LogP contribution in [-0.4, -0.2) is 17.9 Å². The molecule has 3 aliphatic carbocycles. The van der Waals surface area contributed by atoms with E-state index >= 15 is 0 Å². The number of Topliss-reactive ketones (excluding diaryl/α,β-unsaturated/α-hetero) is 1.